The Kier molecular flexibility index (Phi) is 6.63. The second-order valence-electron chi connectivity index (χ2n) is 10.5. The number of halogens is 3. The second-order valence-corrected chi connectivity index (χ2v) is 10.9. The fourth-order valence-corrected chi connectivity index (χ4v) is 5.25. The number of benzene rings is 2. The first-order chi connectivity index (χ1) is 17.1. The molecule has 0 spiro atoms. The molecule has 2 atom stereocenters. The number of nitrogens with zero attached hydrogens (tertiary/aromatic N) is 2. The van der Waals surface area contributed by atoms with Crippen molar-refractivity contribution in [3.8, 4) is 0 Å². The van der Waals surface area contributed by atoms with Crippen LogP contribution >= 0.6 is 11.6 Å². The van der Waals surface area contributed by atoms with Gasteiger partial charge in [0.05, 0.1) is 5.44 Å². The van der Waals surface area contributed by atoms with Crippen molar-refractivity contribution < 1.29 is 28.0 Å². The zero-order valence-electron chi connectivity index (χ0n) is 21.2. The van der Waals surface area contributed by atoms with Crippen molar-refractivity contribution >= 4 is 74.6 Å². The van der Waals surface area contributed by atoms with Gasteiger partial charge >= 0.3 is 5.92 Å². The van der Waals surface area contributed by atoms with Gasteiger partial charge in [0, 0.05) is 33.8 Å². The molecular formula is C22H23B5ClF2N3O4. The van der Waals surface area contributed by atoms with Crippen molar-refractivity contribution in [2.45, 2.75) is 35.5 Å². The summed E-state index contributed by atoms with van der Waals surface area (Å²) in [6.45, 7) is 0.115. The molecule has 2 heterocycles. The van der Waals surface area contributed by atoms with Gasteiger partial charge < -0.3 is 15.0 Å². The van der Waals surface area contributed by atoms with Crippen LogP contribution in [0.4, 0.5) is 8.78 Å². The summed E-state index contributed by atoms with van der Waals surface area (Å²) in [4.78, 5) is 53.7. The summed E-state index contributed by atoms with van der Waals surface area (Å²) < 4.78 is 29.7. The molecule has 2 aromatic rings. The highest BCUT2D eigenvalue weighted by Crippen LogP contribution is 2.38. The van der Waals surface area contributed by atoms with E-state index in [1.165, 1.54) is 25.0 Å². The van der Waals surface area contributed by atoms with Gasteiger partial charge in [-0.1, -0.05) is 35.9 Å². The van der Waals surface area contributed by atoms with Gasteiger partial charge in [0.2, 0.25) is 19.8 Å². The van der Waals surface area contributed by atoms with Gasteiger partial charge in [-0.3, -0.25) is 19.2 Å². The molecule has 0 aromatic heterocycles. The van der Waals surface area contributed by atoms with Crippen molar-refractivity contribution in [3.63, 3.8) is 0 Å². The van der Waals surface area contributed by atoms with Crippen LogP contribution in [0.15, 0.2) is 42.5 Å². The molecule has 2 unspecified atom stereocenters. The number of amides is 4. The number of alkyl halides is 2. The van der Waals surface area contributed by atoms with Gasteiger partial charge in [0.15, 0.2) is 0 Å². The Morgan fingerprint density at radius 3 is 2.30 bits per heavy atom. The first-order valence-corrected chi connectivity index (χ1v) is 12.2. The Hall–Kier alpha value is -3.01. The number of hydrogen-bond donors (Lipinski definition) is 1. The highest BCUT2D eigenvalue weighted by molar-refractivity contribution is 6.43. The lowest BCUT2D eigenvalue weighted by Gasteiger charge is -2.45. The second kappa shape index (κ2) is 9.08. The zero-order chi connectivity index (χ0) is 27.5. The van der Waals surface area contributed by atoms with E-state index in [9.17, 15) is 28.0 Å². The topological polar surface area (TPSA) is 86.8 Å². The molecular weight excluding hydrogens is 498 g/mol. The lowest BCUT2D eigenvalue weighted by atomic mass is 9.57. The summed E-state index contributed by atoms with van der Waals surface area (Å²) in [6, 6.07) is 9.64. The van der Waals surface area contributed by atoms with Gasteiger partial charge in [-0.05, 0) is 35.7 Å². The van der Waals surface area contributed by atoms with Gasteiger partial charge in [-0.25, -0.2) is 0 Å². The minimum absolute atomic E-state index is 0.115. The quantitative estimate of drug-likeness (QED) is 0.353. The van der Waals surface area contributed by atoms with E-state index in [1.807, 2.05) is 0 Å². The molecule has 0 bridgehead atoms. The number of nitrogens with one attached hydrogen (secondary N) is 1. The molecule has 2 aliphatic heterocycles. The van der Waals surface area contributed by atoms with Crippen molar-refractivity contribution in [2.24, 2.45) is 0 Å². The monoisotopic (exact) mass is 521 g/mol. The van der Waals surface area contributed by atoms with E-state index in [1.54, 1.807) is 49.6 Å². The Balaban J connectivity index is 1.58. The molecule has 1 N–H and O–H groups in total. The van der Waals surface area contributed by atoms with Crippen LogP contribution in [0, 0.1) is 0 Å². The maximum Gasteiger partial charge on any atom is 0.349 e. The van der Waals surface area contributed by atoms with Crippen molar-refractivity contribution in [1.82, 2.24) is 15.0 Å². The molecule has 2 aliphatic rings. The van der Waals surface area contributed by atoms with Crippen LogP contribution in [-0.2, 0) is 32.2 Å². The van der Waals surface area contributed by atoms with Crippen LogP contribution in [-0.4, -0.2) is 78.1 Å². The Bertz CT molecular complexity index is 1330. The van der Waals surface area contributed by atoms with Crippen LogP contribution in [0.3, 0.4) is 0 Å². The summed E-state index contributed by atoms with van der Waals surface area (Å²) in [6.07, 6.45) is 0.197. The predicted octanol–water partition coefficient (Wildman–Crippen LogP) is -2.36. The molecule has 1 saturated heterocycles. The lowest BCUT2D eigenvalue weighted by Crippen LogP contribution is -2.65. The number of imide groups is 1. The predicted molar refractivity (Wildman–Crippen MR) is 147 cm³/mol. The van der Waals surface area contributed by atoms with E-state index in [4.69, 9.17) is 11.6 Å². The Labute approximate surface area is 222 Å². The van der Waals surface area contributed by atoms with E-state index in [0.29, 0.717) is 16.7 Å². The molecule has 186 valence electrons. The summed E-state index contributed by atoms with van der Waals surface area (Å²) >= 11 is 5.77. The lowest BCUT2D eigenvalue weighted by molar-refractivity contribution is -0.148. The number of fused-ring (bicyclic) bond motifs is 1. The smallest absolute Gasteiger partial charge is 0.349 e. The van der Waals surface area contributed by atoms with Crippen LogP contribution in [0.5, 0.6) is 0 Å². The number of piperidine rings is 1. The Morgan fingerprint density at radius 2 is 1.68 bits per heavy atom. The number of carbonyl (C=O) groups is 4. The molecule has 15 heteroatoms. The van der Waals surface area contributed by atoms with E-state index < -0.39 is 39.9 Å². The average Bonchev–Trinajstić information content (AvgIpc) is 3.18. The molecule has 4 rings (SSSR count). The first kappa shape index (κ1) is 27.0. The molecule has 37 heavy (non-hydrogen) atoms. The fraction of sp³-hybridized carbons (Fsp3) is 0.273. The van der Waals surface area contributed by atoms with Gasteiger partial charge in [0.25, 0.3) is 11.8 Å². The van der Waals surface area contributed by atoms with Gasteiger partial charge in [-0.15, -0.1) is 0 Å². The van der Waals surface area contributed by atoms with Crippen molar-refractivity contribution in [3.05, 3.63) is 69.7 Å². The molecule has 7 nitrogen and oxygen atoms in total. The molecule has 4 amide bonds. The van der Waals surface area contributed by atoms with Gasteiger partial charge in [-0.2, -0.15) is 8.78 Å². The first-order valence-electron chi connectivity index (χ1n) is 11.8. The number of carbonyl (C=O) groups excluding carboxylic acids is 4. The molecule has 2 aromatic carbocycles. The minimum atomic E-state index is -3.79. The van der Waals surface area contributed by atoms with Crippen LogP contribution < -0.4 is 5.32 Å². The highest BCUT2D eigenvalue weighted by atomic mass is 35.5. The van der Waals surface area contributed by atoms with Crippen molar-refractivity contribution in [2.75, 3.05) is 0 Å². The number of hydrogen-bond acceptors (Lipinski definition) is 4. The van der Waals surface area contributed by atoms with Crippen LogP contribution in [0.25, 0.3) is 0 Å². The molecule has 0 radical (unpaired) electrons. The third-order valence-corrected chi connectivity index (χ3v) is 7.62. The maximum absolute atomic E-state index is 14.9. The van der Waals surface area contributed by atoms with Crippen molar-refractivity contribution in [1.29, 1.82) is 0 Å². The SMILES string of the molecule is BC1CC(B)(N2Cc3cc(C(B)(B)NC(=O)C(F)(F)c4ccc(Cl)cc4)ccc3C2=O)C(=O)N(B)C1=O. The van der Waals surface area contributed by atoms with E-state index in [0.717, 1.165) is 16.9 Å². The third-order valence-electron chi connectivity index (χ3n) is 7.37. The fourth-order valence-electron chi connectivity index (χ4n) is 5.12. The largest absolute Gasteiger partial charge is 0.357 e. The summed E-state index contributed by atoms with van der Waals surface area (Å²) in [5, 5.41) is 1.49. The molecule has 1 fully saturated rings. The van der Waals surface area contributed by atoms with Gasteiger partial charge in [0.1, 0.15) is 31.4 Å². The summed E-state index contributed by atoms with van der Waals surface area (Å²) in [7, 11) is 7.97. The van der Waals surface area contributed by atoms with E-state index in [-0.39, 0.29) is 29.8 Å². The van der Waals surface area contributed by atoms with E-state index in [2.05, 4.69) is 5.32 Å². The standard InChI is InChI=1S/C22H23B5ClF2N3O4/c23-15-8-20(24,19(37)33(27)17(15)35)32-9-10-7-12(3-6-14(10)16(32)34)22(25,26)31-18(36)21(29,30)11-1-4-13(28)5-2-11/h1-7,15H,8-9,23-27H2,(H,31,36). The Morgan fingerprint density at radius 1 is 1.08 bits per heavy atom. The zero-order valence-corrected chi connectivity index (χ0v) is 22.0. The van der Waals surface area contributed by atoms with E-state index >= 15 is 0 Å². The summed E-state index contributed by atoms with van der Waals surface area (Å²) in [5.41, 5.74) is -0.178. The normalized spacial score (nSPS) is 22.2. The molecule has 0 aliphatic carbocycles. The average molecular weight is 521 g/mol. The highest BCUT2D eigenvalue weighted by Gasteiger charge is 2.52. The minimum Gasteiger partial charge on any atom is -0.357 e. The maximum atomic E-state index is 14.9. The van der Waals surface area contributed by atoms with Crippen LogP contribution in [0.1, 0.15) is 33.5 Å². The third kappa shape index (κ3) is 4.49. The van der Waals surface area contributed by atoms with Crippen LogP contribution in [0.2, 0.25) is 10.8 Å². The molecule has 0 saturated carbocycles. The summed E-state index contributed by atoms with van der Waals surface area (Å²) in [5.74, 6) is -6.78. The number of rotatable bonds is 5.